The summed E-state index contributed by atoms with van der Waals surface area (Å²) < 4.78 is 32.7. The van der Waals surface area contributed by atoms with Crippen molar-refractivity contribution in [2.75, 3.05) is 32.7 Å². The maximum Gasteiger partial charge on any atom is 0.248 e. The molecule has 2 atom stereocenters. The Bertz CT molecular complexity index is 977. The van der Waals surface area contributed by atoms with E-state index in [4.69, 9.17) is 4.52 Å². The monoisotopic (exact) mass is 466 g/mol. The van der Waals surface area contributed by atoms with E-state index in [0.717, 1.165) is 13.1 Å². The van der Waals surface area contributed by atoms with E-state index in [1.807, 2.05) is 6.07 Å². The number of thiophene rings is 1. The smallest absolute Gasteiger partial charge is 0.248 e. The van der Waals surface area contributed by atoms with Crippen molar-refractivity contribution in [1.29, 1.82) is 0 Å². The van der Waals surface area contributed by atoms with E-state index >= 15 is 0 Å². The van der Waals surface area contributed by atoms with E-state index in [-0.39, 0.29) is 35.1 Å². The highest BCUT2D eigenvalue weighted by Crippen LogP contribution is 2.30. The number of aromatic nitrogens is 1. The van der Waals surface area contributed by atoms with Crippen LogP contribution in [-0.4, -0.2) is 61.4 Å². The molecular weight excluding hydrogens is 436 g/mol. The first-order valence-corrected chi connectivity index (χ1v) is 13.2. The molecule has 1 amide bonds. The molecule has 2 saturated heterocycles. The molecule has 8 nitrogen and oxygen atoms in total. The van der Waals surface area contributed by atoms with E-state index in [9.17, 15) is 13.2 Å². The van der Waals surface area contributed by atoms with E-state index in [2.05, 4.69) is 26.8 Å². The van der Waals surface area contributed by atoms with Crippen molar-refractivity contribution in [3.05, 3.63) is 33.8 Å². The maximum atomic E-state index is 13.1. The number of piperidine rings is 1. The van der Waals surface area contributed by atoms with Crippen molar-refractivity contribution in [2.45, 2.75) is 50.5 Å². The molecule has 10 heteroatoms. The Morgan fingerprint density at radius 3 is 2.71 bits per heavy atom. The van der Waals surface area contributed by atoms with Crippen LogP contribution in [0.15, 0.2) is 26.9 Å². The summed E-state index contributed by atoms with van der Waals surface area (Å²) in [5.74, 6) is -0.139. The minimum atomic E-state index is -3.74. The fraction of sp³-hybridized carbons (Fsp3) is 0.619. The molecule has 2 aromatic rings. The van der Waals surface area contributed by atoms with Crippen LogP contribution < -0.4 is 5.32 Å². The molecule has 2 aliphatic heterocycles. The minimum Gasteiger partial charge on any atom is -0.360 e. The number of hydrogen-bond donors (Lipinski definition) is 1. The van der Waals surface area contributed by atoms with E-state index < -0.39 is 10.0 Å². The quantitative estimate of drug-likeness (QED) is 0.674. The Balaban J connectivity index is 1.42. The third-order valence-electron chi connectivity index (χ3n) is 6.24. The summed E-state index contributed by atoms with van der Waals surface area (Å²) >= 11 is 1.71. The molecule has 31 heavy (non-hydrogen) atoms. The van der Waals surface area contributed by atoms with Crippen molar-refractivity contribution in [3.63, 3.8) is 0 Å². The number of nitrogens with zero attached hydrogens (tertiary/aromatic N) is 3. The molecule has 0 aromatic carbocycles. The second kappa shape index (κ2) is 9.40. The average molecular weight is 467 g/mol. The Kier molecular flexibility index (Phi) is 6.80. The highest BCUT2D eigenvalue weighted by Gasteiger charge is 2.36. The molecule has 2 fully saturated rings. The lowest BCUT2D eigenvalue weighted by molar-refractivity contribution is -0.126. The molecular formula is C21H30N4O4S2. The average Bonchev–Trinajstić information content (AvgIpc) is 3.52. The maximum absolute atomic E-state index is 13.1. The van der Waals surface area contributed by atoms with Gasteiger partial charge in [0.15, 0.2) is 5.76 Å². The number of hydrogen-bond acceptors (Lipinski definition) is 7. The van der Waals surface area contributed by atoms with Crippen LogP contribution >= 0.6 is 11.3 Å². The van der Waals surface area contributed by atoms with Gasteiger partial charge < -0.3 is 9.84 Å². The number of likely N-dealkylation sites (tertiary alicyclic amines) is 1. The summed E-state index contributed by atoms with van der Waals surface area (Å²) in [6, 6.07) is 4.35. The predicted molar refractivity (Wildman–Crippen MR) is 118 cm³/mol. The lowest BCUT2D eigenvalue weighted by Gasteiger charge is -2.32. The van der Waals surface area contributed by atoms with Crippen LogP contribution in [0.5, 0.6) is 0 Å². The number of carbonyl (C=O) groups is 1. The Morgan fingerprint density at radius 2 is 2.06 bits per heavy atom. The van der Waals surface area contributed by atoms with Gasteiger partial charge in [0.2, 0.25) is 15.9 Å². The number of nitrogens with one attached hydrogen (secondary N) is 1. The zero-order valence-electron chi connectivity index (χ0n) is 18.0. The second-order valence-electron chi connectivity index (χ2n) is 8.37. The lowest BCUT2D eigenvalue weighted by Crippen LogP contribution is -2.47. The number of amides is 1. The Morgan fingerprint density at radius 1 is 1.29 bits per heavy atom. The van der Waals surface area contributed by atoms with Gasteiger partial charge in [-0.25, -0.2) is 8.42 Å². The third-order valence-corrected chi connectivity index (χ3v) is 9.33. The topological polar surface area (TPSA) is 95.8 Å². The molecule has 2 unspecified atom stereocenters. The molecule has 0 radical (unpaired) electrons. The molecule has 0 saturated carbocycles. The van der Waals surface area contributed by atoms with Crippen molar-refractivity contribution in [2.24, 2.45) is 5.92 Å². The third kappa shape index (κ3) is 4.72. The molecule has 1 N–H and O–H groups in total. The Labute approximate surface area is 187 Å². The molecule has 170 valence electrons. The van der Waals surface area contributed by atoms with Gasteiger partial charge in [0, 0.05) is 24.5 Å². The zero-order valence-corrected chi connectivity index (χ0v) is 19.7. The van der Waals surface area contributed by atoms with Crippen LogP contribution in [0.2, 0.25) is 0 Å². The molecule has 2 aromatic heterocycles. The summed E-state index contributed by atoms with van der Waals surface area (Å²) in [6.07, 6.45) is 3.72. The van der Waals surface area contributed by atoms with E-state index in [1.165, 1.54) is 22.0 Å². The SMILES string of the molecule is Cc1noc(C)c1S(=O)(=O)N1CCCC(C(=O)NCC(c2cccs2)N2CCCC2)C1. The van der Waals surface area contributed by atoms with Crippen molar-refractivity contribution >= 4 is 27.3 Å². The van der Waals surface area contributed by atoms with Gasteiger partial charge in [-0.05, 0) is 64.1 Å². The molecule has 4 rings (SSSR count). The first-order chi connectivity index (χ1) is 14.9. The predicted octanol–water partition coefficient (Wildman–Crippen LogP) is 2.71. The van der Waals surface area contributed by atoms with E-state index in [0.29, 0.717) is 31.6 Å². The number of sulfonamides is 1. The number of carbonyl (C=O) groups excluding carboxylic acids is 1. The van der Waals surface area contributed by atoms with Gasteiger partial charge in [-0.15, -0.1) is 11.3 Å². The summed E-state index contributed by atoms with van der Waals surface area (Å²) in [5, 5.41) is 8.97. The minimum absolute atomic E-state index is 0.0700. The highest BCUT2D eigenvalue weighted by atomic mass is 32.2. The molecule has 4 heterocycles. The summed E-state index contributed by atoms with van der Waals surface area (Å²) in [7, 11) is -3.74. The normalized spacial score (nSPS) is 21.9. The van der Waals surface area contributed by atoms with Crippen LogP contribution in [0.3, 0.4) is 0 Å². The summed E-state index contributed by atoms with van der Waals surface area (Å²) in [6.45, 7) is 6.46. The highest BCUT2D eigenvalue weighted by molar-refractivity contribution is 7.89. The molecule has 0 aliphatic carbocycles. The van der Waals surface area contributed by atoms with Crippen LogP contribution in [0, 0.1) is 19.8 Å². The van der Waals surface area contributed by atoms with Crippen LogP contribution in [0.1, 0.15) is 48.1 Å². The van der Waals surface area contributed by atoms with Gasteiger partial charge in [0.25, 0.3) is 0 Å². The molecule has 0 spiro atoms. The van der Waals surface area contributed by atoms with Crippen LogP contribution in [0.4, 0.5) is 0 Å². The van der Waals surface area contributed by atoms with Gasteiger partial charge in [0.1, 0.15) is 10.6 Å². The van der Waals surface area contributed by atoms with Gasteiger partial charge in [0.05, 0.1) is 12.0 Å². The summed E-state index contributed by atoms with van der Waals surface area (Å²) in [5.41, 5.74) is 0.355. The fourth-order valence-corrected chi connectivity index (χ4v) is 7.31. The zero-order chi connectivity index (χ0) is 22.0. The molecule has 0 bridgehead atoms. The van der Waals surface area contributed by atoms with Crippen molar-refractivity contribution < 1.29 is 17.7 Å². The largest absolute Gasteiger partial charge is 0.360 e. The van der Waals surface area contributed by atoms with Gasteiger partial charge in [-0.1, -0.05) is 11.2 Å². The van der Waals surface area contributed by atoms with Gasteiger partial charge >= 0.3 is 0 Å². The summed E-state index contributed by atoms with van der Waals surface area (Å²) in [4.78, 5) is 16.8. The standard InChI is InChI=1S/C21H30N4O4S2/c1-15-20(16(2)29-23-15)31(27,28)25-11-5-7-17(14-25)21(26)22-13-18(19-8-6-12-30-19)24-9-3-4-10-24/h6,8,12,17-18H,3-5,7,9-11,13-14H2,1-2H3,(H,22,26). The second-order valence-corrected chi connectivity index (χ2v) is 11.2. The van der Waals surface area contributed by atoms with Crippen molar-refractivity contribution in [1.82, 2.24) is 19.7 Å². The van der Waals surface area contributed by atoms with Gasteiger partial charge in [-0.2, -0.15) is 4.31 Å². The first kappa shape index (κ1) is 22.4. The van der Waals surface area contributed by atoms with E-state index in [1.54, 1.807) is 25.2 Å². The fourth-order valence-electron chi connectivity index (χ4n) is 4.63. The van der Waals surface area contributed by atoms with Gasteiger partial charge in [-0.3, -0.25) is 9.69 Å². The lowest BCUT2D eigenvalue weighted by atomic mass is 9.98. The number of rotatable bonds is 7. The Hall–Kier alpha value is -1.75. The van der Waals surface area contributed by atoms with Crippen LogP contribution in [-0.2, 0) is 14.8 Å². The van der Waals surface area contributed by atoms with Crippen LogP contribution in [0.25, 0.3) is 0 Å². The van der Waals surface area contributed by atoms with Crippen molar-refractivity contribution in [3.8, 4) is 0 Å². The first-order valence-electron chi connectivity index (χ1n) is 10.9. The molecule has 2 aliphatic rings. The number of aryl methyl sites for hydroxylation is 2.